The maximum Gasteiger partial charge on any atom is 0.358 e. The number of nitrogens with one attached hydrogen (secondary N) is 1. The van der Waals surface area contributed by atoms with Crippen LogP contribution in [0.5, 0.6) is 0 Å². The molecule has 0 atom stereocenters. The van der Waals surface area contributed by atoms with E-state index in [9.17, 15) is 4.79 Å². The summed E-state index contributed by atoms with van der Waals surface area (Å²) >= 11 is 0. The van der Waals surface area contributed by atoms with E-state index >= 15 is 0 Å². The summed E-state index contributed by atoms with van der Waals surface area (Å²) in [7, 11) is 0. The lowest BCUT2D eigenvalue weighted by atomic mass is 9.78. The van der Waals surface area contributed by atoms with E-state index in [4.69, 9.17) is 5.90 Å². The van der Waals surface area contributed by atoms with E-state index in [-0.39, 0.29) is 0 Å². The first-order valence-electron chi connectivity index (χ1n) is 10.6. The zero-order valence-corrected chi connectivity index (χ0v) is 17.0. The predicted octanol–water partition coefficient (Wildman–Crippen LogP) is 2.63. The molecule has 2 aliphatic rings. The van der Waals surface area contributed by atoms with E-state index < -0.39 is 5.97 Å². The van der Waals surface area contributed by atoms with Gasteiger partial charge in [0, 0.05) is 24.7 Å². The molecule has 7 nitrogen and oxygen atoms in total. The minimum atomic E-state index is -0.585. The minimum Gasteiger partial charge on any atom is -0.370 e. The molecule has 0 amide bonds. The van der Waals surface area contributed by atoms with Gasteiger partial charge in [0.2, 0.25) is 0 Å². The lowest BCUT2D eigenvalue weighted by Gasteiger charge is -2.38. The zero-order chi connectivity index (χ0) is 20.6. The Balaban J connectivity index is 1.29. The average Bonchev–Trinajstić information content (AvgIpc) is 3.42. The SMILES string of the molecule is NOC(=O)c1cccc2cn(-c3ccc(CN4CCC5(CCNC5)CC4)cc3)nc12. The van der Waals surface area contributed by atoms with Crippen molar-refractivity contribution in [2.45, 2.75) is 25.8 Å². The molecule has 0 aliphatic carbocycles. The summed E-state index contributed by atoms with van der Waals surface area (Å²) in [6, 6.07) is 13.9. The van der Waals surface area contributed by atoms with Gasteiger partial charge in [-0.05, 0) is 68.1 Å². The number of aromatic nitrogens is 2. The molecule has 2 aromatic carbocycles. The lowest BCUT2D eigenvalue weighted by Crippen LogP contribution is -2.40. The van der Waals surface area contributed by atoms with E-state index in [0.29, 0.717) is 16.5 Å². The molecule has 2 fully saturated rings. The van der Waals surface area contributed by atoms with Gasteiger partial charge in [-0.3, -0.25) is 4.90 Å². The largest absolute Gasteiger partial charge is 0.370 e. The number of piperidine rings is 1. The van der Waals surface area contributed by atoms with E-state index in [1.165, 1.54) is 51.0 Å². The second-order valence-corrected chi connectivity index (χ2v) is 8.59. The third kappa shape index (κ3) is 3.60. The quantitative estimate of drug-likeness (QED) is 0.649. The highest BCUT2D eigenvalue weighted by molar-refractivity contribution is 6.02. The van der Waals surface area contributed by atoms with Crippen molar-refractivity contribution in [3.05, 3.63) is 59.8 Å². The van der Waals surface area contributed by atoms with E-state index in [2.05, 4.69) is 44.4 Å². The van der Waals surface area contributed by atoms with Crippen LogP contribution in [0.2, 0.25) is 0 Å². The van der Waals surface area contributed by atoms with Crippen LogP contribution in [0.25, 0.3) is 16.6 Å². The summed E-state index contributed by atoms with van der Waals surface area (Å²) in [6.07, 6.45) is 5.84. The summed E-state index contributed by atoms with van der Waals surface area (Å²) in [5.41, 5.74) is 3.77. The van der Waals surface area contributed by atoms with Crippen molar-refractivity contribution in [1.82, 2.24) is 20.0 Å². The molecule has 3 aromatic rings. The number of carbonyl (C=O) groups is 1. The molecule has 2 saturated heterocycles. The van der Waals surface area contributed by atoms with Gasteiger partial charge in [0.1, 0.15) is 5.52 Å². The smallest absolute Gasteiger partial charge is 0.358 e. The molecular weight excluding hydrogens is 378 g/mol. The van der Waals surface area contributed by atoms with Crippen LogP contribution in [0, 0.1) is 5.41 Å². The second-order valence-electron chi connectivity index (χ2n) is 8.59. The van der Waals surface area contributed by atoms with Gasteiger partial charge in [-0.2, -0.15) is 11.0 Å². The maximum atomic E-state index is 11.9. The Morgan fingerprint density at radius 2 is 1.93 bits per heavy atom. The highest BCUT2D eigenvalue weighted by Crippen LogP contribution is 2.37. The standard InChI is InChI=1S/C23H27N5O2/c24-30-22(29)20-3-1-2-18-15-28(26-21(18)20)19-6-4-17(5-7-19)14-27-12-9-23(10-13-27)8-11-25-16-23/h1-7,15,25H,8-14,16,24H2. The molecule has 1 spiro atoms. The number of nitrogens with zero attached hydrogens (tertiary/aromatic N) is 3. The van der Waals surface area contributed by atoms with Gasteiger partial charge in [-0.1, -0.05) is 24.3 Å². The van der Waals surface area contributed by atoms with Crippen LogP contribution < -0.4 is 11.2 Å². The van der Waals surface area contributed by atoms with E-state index in [0.717, 1.165) is 17.6 Å². The summed E-state index contributed by atoms with van der Waals surface area (Å²) in [5.74, 6) is 4.46. The van der Waals surface area contributed by atoms with Crippen LogP contribution in [-0.4, -0.2) is 46.8 Å². The van der Waals surface area contributed by atoms with Crippen LogP contribution in [0.4, 0.5) is 0 Å². The highest BCUT2D eigenvalue weighted by Gasteiger charge is 2.36. The number of hydrogen-bond donors (Lipinski definition) is 2. The Labute approximate surface area is 175 Å². The Hall–Kier alpha value is -2.74. The fraction of sp³-hybridized carbons (Fsp3) is 0.391. The van der Waals surface area contributed by atoms with Crippen molar-refractivity contribution in [2.24, 2.45) is 11.3 Å². The molecule has 0 saturated carbocycles. The predicted molar refractivity (Wildman–Crippen MR) is 115 cm³/mol. The molecule has 7 heteroatoms. The van der Waals surface area contributed by atoms with Gasteiger partial charge in [0.15, 0.2) is 0 Å². The van der Waals surface area contributed by atoms with Crippen LogP contribution in [0.3, 0.4) is 0 Å². The molecule has 156 valence electrons. The molecular formula is C23H27N5O2. The Morgan fingerprint density at radius 1 is 1.13 bits per heavy atom. The Bertz CT molecular complexity index is 1040. The van der Waals surface area contributed by atoms with Gasteiger partial charge in [0.05, 0.1) is 11.3 Å². The second kappa shape index (κ2) is 7.83. The molecule has 30 heavy (non-hydrogen) atoms. The Kier molecular flexibility index (Phi) is 5.02. The molecule has 1 aromatic heterocycles. The summed E-state index contributed by atoms with van der Waals surface area (Å²) < 4.78 is 1.79. The van der Waals surface area contributed by atoms with Crippen LogP contribution >= 0.6 is 0 Å². The summed E-state index contributed by atoms with van der Waals surface area (Å²) in [4.78, 5) is 18.8. The summed E-state index contributed by atoms with van der Waals surface area (Å²) in [6.45, 7) is 5.70. The first-order valence-corrected chi connectivity index (χ1v) is 10.6. The number of hydrogen-bond acceptors (Lipinski definition) is 6. The molecule has 0 bridgehead atoms. The van der Waals surface area contributed by atoms with Gasteiger partial charge in [0.25, 0.3) is 0 Å². The van der Waals surface area contributed by atoms with Crippen molar-refractivity contribution < 1.29 is 9.63 Å². The molecule has 2 aliphatic heterocycles. The lowest BCUT2D eigenvalue weighted by molar-refractivity contribution is 0.0505. The number of likely N-dealkylation sites (tertiary alicyclic amines) is 1. The summed E-state index contributed by atoms with van der Waals surface area (Å²) in [5, 5.41) is 8.98. The normalized spacial score (nSPS) is 18.8. The molecule has 0 unspecified atom stereocenters. The molecule has 3 N–H and O–H groups in total. The average molecular weight is 406 g/mol. The van der Waals surface area contributed by atoms with Gasteiger partial charge < -0.3 is 10.2 Å². The van der Waals surface area contributed by atoms with Crippen molar-refractivity contribution >= 4 is 16.9 Å². The number of fused-ring (bicyclic) bond motifs is 1. The monoisotopic (exact) mass is 405 g/mol. The molecule has 3 heterocycles. The van der Waals surface area contributed by atoms with Crippen LogP contribution in [0.1, 0.15) is 35.2 Å². The number of rotatable bonds is 4. The first-order chi connectivity index (χ1) is 14.7. The fourth-order valence-electron chi connectivity index (χ4n) is 4.83. The third-order valence-corrected chi connectivity index (χ3v) is 6.72. The van der Waals surface area contributed by atoms with E-state index in [1.54, 1.807) is 16.8 Å². The first kappa shape index (κ1) is 19.2. The van der Waals surface area contributed by atoms with Crippen molar-refractivity contribution in [3.63, 3.8) is 0 Å². The van der Waals surface area contributed by atoms with Gasteiger partial charge in [-0.25, -0.2) is 9.48 Å². The third-order valence-electron chi connectivity index (χ3n) is 6.72. The number of carbonyl (C=O) groups excluding carboxylic acids is 1. The van der Waals surface area contributed by atoms with Crippen molar-refractivity contribution in [2.75, 3.05) is 26.2 Å². The van der Waals surface area contributed by atoms with Gasteiger partial charge in [-0.15, -0.1) is 0 Å². The van der Waals surface area contributed by atoms with Gasteiger partial charge >= 0.3 is 5.97 Å². The number of benzene rings is 2. The molecule has 0 radical (unpaired) electrons. The van der Waals surface area contributed by atoms with E-state index in [1.807, 2.05) is 12.3 Å². The highest BCUT2D eigenvalue weighted by atomic mass is 16.7. The number of nitrogens with two attached hydrogens (primary N) is 1. The Morgan fingerprint density at radius 3 is 2.63 bits per heavy atom. The maximum absolute atomic E-state index is 11.9. The topological polar surface area (TPSA) is 85.4 Å². The van der Waals surface area contributed by atoms with Crippen LogP contribution in [0.15, 0.2) is 48.7 Å². The van der Waals surface area contributed by atoms with Crippen molar-refractivity contribution in [1.29, 1.82) is 0 Å². The molecule has 5 rings (SSSR count). The van der Waals surface area contributed by atoms with Crippen molar-refractivity contribution in [3.8, 4) is 5.69 Å². The van der Waals surface area contributed by atoms with Crippen LogP contribution in [-0.2, 0) is 11.4 Å². The minimum absolute atomic E-state index is 0.366. The zero-order valence-electron chi connectivity index (χ0n) is 17.0. The fourth-order valence-corrected chi connectivity index (χ4v) is 4.83.